The molecule has 0 fully saturated rings. The maximum atomic E-state index is 8.76. The van der Waals surface area contributed by atoms with Gasteiger partial charge in [0.25, 0.3) is 0 Å². The van der Waals surface area contributed by atoms with Gasteiger partial charge in [-0.3, -0.25) is 9.88 Å². The Kier molecular flexibility index (Phi) is 5.17. The standard InChI is InChI=1S/C11H15ClN4/c1-3-16(7-9(2)4-13)8-10-5-15-11(12)6-14-10/h5-6,9H,3,7-8H2,1-2H3. The number of hydrogen-bond donors (Lipinski definition) is 0. The van der Waals surface area contributed by atoms with Crippen LogP contribution in [0.15, 0.2) is 12.4 Å². The Balaban J connectivity index is 2.56. The van der Waals surface area contributed by atoms with E-state index in [1.807, 2.05) is 6.92 Å². The molecule has 1 atom stereocenters. The molecule has 0 spiro atoms. The van der Waals surface area contributed by atoms with Crippen molar-refractivity contribution in [1.29, 1.82) is 5.26 Å². The van der Waals surface area contributed by atoms with Crippen LogP contribution in [0.1, 0.15) is 19.5 Å². The van der Waals surface area contributed by atoms with Crippen LogP contribution < -0.4 is 0 Å². The van der Waals surface area contributed by atoms with Crippen LogP contribution in [0.5, 0.6) is 0 Å². The van der Waals surface area contributed by atoms with Crippen molar-refractivity contribution in [3.63, 3.8) is 0 Å². The molecule has 0 radical (unpaired) electrons. The highest BCUT2D eigenvalue weighted by Gasteiger charge is 2.09. The average Bonchev–Trinajstić information content (AvgIpc) is 2.30. The number of aromatic nitrogens is 2. The average molecular weight is 239 g/mol. The lowest BCUT2D eigenvalue weighted by Gasteiger charge is -2.20. The summed E-state index contributed by atoms with van der Waals surface area (Å²) in [4.78, 5) is 10.3. The van der Waals surface area contributed by atoms with Gasteiger partial charge in [-0.05, 0) is 13.5 Å². The highest BCUT2D eigenvalue weighted by Crippen LogP contribution is 2.06. The molecule has 1 aromatic rings. The molecule has 1 heterocycles. The molecule has 4 nitrogen and oxygen atoms in total. The fourth-order valence-corrected chi connectivity index (χ4v) is 1.48. The summed E-state index contributed by atoms with van der Waals surface area (Å²) in [5.74, 6) is 0.0280. The smallest absolute Gasteiger partial charge is 0.147 e. The van der Waals surface area contributed by atoms with Crippen molar-refractivity contribution < 1.29 is 0 Å². The van der Waals surface area contributed by atoms with E-state index in [0.29, 0.717) is 11.7 Å². The summed E-state index contributed by atoms with van der Waals surface area (Å²) < 4.78 is 0. The van der Waals surface area contributed by atoms with Gasteiger partial charge in [0.05, 0.1) is 30.1 Å². The van der Waals surface area contributed by atoms with Crippen LogP contribution in [-0.2, 0) is 6.54 Å². The number of hydrogen-bond acceptors (Lipinski definition) is 4. The van der Waals surface area contributed by atoms with Crippen LogP contribution in [0, 0.1) is 17.2 Å². The second-order valence-electron chi connectivity index (χ2n) is 3.69. The van der Waals surface area contributed by atoms with Gasteiger partial charge in [-0.25, -0.2) is 4.98 Å². The lowest BCUT2D eigenvalue weighted by molar-refractivity contribution is 0.257. The fourth-order valence-electron chi connectivity index (χ4n) is 1.38. The first-order chi connectivity index (χ1) is 7.65. The predicted octanol–water partition coefficient (Wildman–Crippen LogP) is 2.11. The Bertz CT molecular complexity index is 357. The van der Waals surface area contributed by atoms with E-state index in [-0.39, 0.29) is 5.92 Å². The molecule has 5 heteroatoms. The van der Waals surface area contributed by atoms with Crippen molar-refractivity contribution in [2.24, 2.45) is 5.92 Å². The number of rotatable bonds is 5. The van der Waals surface area contributed by atoms with E-state index in [4.69, 9.17) is 16.9 Å². The van der Waals surface area contributed by atoms with Gasteiger partial charge in [-0.2, -0.15) is 5.26 Å². The van der Waals surface area contributed by atoms with E-state index >= 15 is 0 Å². The minimum absolute atomic E-state index is 0.0280. The molecule has 0 aromatic carbocycles. The SMILES string of the molecule is CCN(Cc1cnc(Cl)cn1)CC(C)C#N. The van der Waals surface area contributed by atoms with Crippen LogP contribution in [0.25, 0.3) is 0 Å². The molecular formula is C11H15ClN4. The van der Waals surface area contributed by atoms with E-state index in [0.717, 1.165) is 18.8 Å². The van der Waals surface area contributed by atoms with Crippen LogP contribution in [0.3, 0.4) is 0 Å². The van der Waals surface area contributed by atoms with E-state index in [2.05, 4.69) is 27.9 Å². The molecule has 0 aliphatic carbocycles. The molecule has 86 valence electrons. The lowest BCUT2D eigenvalue weighted by Crippen LogP contribution is -2.28. The quantitative estimate of drug-likeness (QED) is 0.789. The molecule has 0 aliphatic rings. The second-order valence-corrected chi connectivity index (χ2v) is 4.08. The maximum Gasteiger partial charge on any atom is 0.147 e. The summed E-state index contributed by atoms with van der Waals surface area (Å²) in [6.07, 6.45) is 3.21. The minimum Gasteiger partial charge on any atom is -0.296 e. The Morgan fingerprint density at radius 3 is 2.75 bits per heavy atom. The Labute approximate surface area is 101 Å². The molecule has 1 rings (SSSR count). The van der Waals surface area contributed by atoms with Crippen LogP contribution in [0.4, 0.5) is 0 Å². The van der Waals surface area contributed by atoms with E-state index in [1.165, 1.54) is 0 Å². The summed E-state index contributed by atoms with van der Waals surface area (Å²) >= 11 is 5.66. The monoisotopic (exact) mass is 238 g/mol. The zero-order valence-corrected chi connectivity index (χ0v) is 10.3. The molecular weight excluding hydrogens is 224 g/mol. The van der Waals surface area contributed by atoms with Gasteiger partial charge in [-0.1, -0.05) is 18.5 Å². The van der Waals surface area contributed by atoms with Gasteiger partial charge in [0.1, 0.15) is 5.15 Å². The normalized spacial score (nSPS) is 12.4. The zero-order chi connectivity index (χ0) is 12.0. The van der Waals surface area contributed by atoms with Crippen molar-refractivity contribution in [3.8, 4) is 6.07 Å². The highest BCUT2D eigenvalue weighted by atomic mass is 35.5. The zero-order valence-electron chi connectivity index (χ0n) is 9.52. The first kappa shape index (κ1) is 12.9. The van der Waals surface area contributed by atoms with Crippen molar-refractivity contribution in [2.75, 3.05) is 13.1 Å². The third-order valence-electron chi connectivity index (χ3n) is 2.26. The molecule has 1 unspecified atom stereocenters. The third kappa shape index (κ3) is 4.13. The molecule has 16 heavy (non-hydrogen) atoms. The summed E-state index contributed by atoms with van der Waals surface area (Å²) in [6.45, 7) is 6.31. The van der Waals surface area contributed by atoms with Gasteiger partial charge in [0.2, 0.25) is 0 Å². The summed E-state index contributed by atoms with van der Waals surface area (Å²) in [6, 6.07) is 2.23. The van der Waals surface area contributed by atoms with Crippen molar-refractivity contribution in [2.45, 2.75) is 20.4 Å². The van der Waals surface area contributed by atoms with E-state index in [9.17, 15) is 0 Å². The van der Waals surface area contributed by atoms with Gasteiger partial charge < -0.3 is 0 Å². The predicted molar refractivity (Wildman–Crippen MR) is 62.8 cm³/mol. The second kappa shape index (κ2) is 6.41. The number of nitriles is 1. The molecule has 0 amide bonds. The minimum atomic E-state index is 0.0280. The van der Waals surface area contributed by atoms with E-state index in [1.54, 1.807) is 12.4 Å². The lowest BCUT2D eigenvalue weighted by atomic mass is 10.2. The summed E-state index contributed by atoms with van der Waals surface area (Å²) in [5.41, 5.74) is 0.872. The third-order valence-corrected chi connectivity index (χ3v) is 2.45. The summed E-state index contributed by atoms with van der Waals surface area (Å²) in [5, 5.41) is 9.16. The van der Waals surface area contributed by atoms with Gasteiger partial charge in [-0.15, -0.1) is 0 Å². The molecule has 1 aromatic heterocycles. The van der Waals surface area contributed by atoms with Crippen LogP contribution in [-0.4, -0.2) is 28.0 Å². The molecule has 0 saturated heterocycles. The van der Waals surface area contributed by atoms with Crippen molar-refractivity contribution in [3.05, 3.63) is 23.2 Å². The molecule has 0 aliphatic heterocycles. The van der Waals surface area contributed by atoms with Gasteiger partial charge >= 0.3 is 0 Å². The Hall–Kier alpha value is -1.18. The van der Waals surface area contributed by atoms with Crippen molar-refractivity contribution in [1.82, 2.24) is 14.9 Å². The summed E-state index contributed by atoms with van der Waals surface area (Å²) in [7, 11) is 0. The highest BCUT2D eigenvalue weighted by molar-refractivity contribution is 6.29. The van der Waals surface area contributed by atoms with Crippen LogP contribution in [0.2, 0.25) is 5.15 Å². The topological polar surface area (TPSA) is 52.8 Å². The van der Waals surface area contributed by atoms with Crippen LogP contribution >= 0.6 is 11.6 Å². The number of halogens is 1. The molecule has 0 N–H and O–H groups in total. The van der Waals surface area contributed by atoms with Gasteiger partial charge in [0, 0.05) is 13.1 Å². The fraction of sp³-hybridized carbons (Fsp3) is 0.545. The maximum absolute atomic E-state index is 8.76. The molecule has 0 saturated carbocycles. The first-order valence-electron chi connectivity index (χ1n) is 5.24. The van der Waals surface area contributed by atoms with Gasteiger partial charge in [0.15, 0.2) is 0 Å². The Morgan fingerprint density at radius 2 is 2.25 bits per heavy atom. The van der Waals surface area contributed by atoms with E-state index < -0.39 is 0 Å². The number of nitrogens with zero attached hydrogens (tertiary/aromatic N) is 4. The largest absolute Gasteiger partial charge is 0.296 e. The first-order valence-corrected chi connectivity index (χ1v) is 5.62. The molecule has 0 bridgehead atoms. The Morgan fingerprint density at radius 1 is 1.50 bits per heavy atom. The van der Waals surface area contributed by atoms with Crippen molar-refractivity contribution >= 4 is 11.6 Å².